The summed E-state index contributed by atoms with van der Waals surface area (Å²) in [5.74, 6) is 0.291. The first-order valence-electron chi connectivity index (χ1n) is 6.36. The maximum absolute atomic E-state index is 12.2. The number of H-pyrrole nitrogens is 1. The molecule has 0 atom stereocenters. The van der Waals surface area contributed by atoms with Gasteiger partial charge in [0.2, 0.25) is 0 Å². The summed E-state index contributed by atoms with van der Waals surface area (Å²) >= 11 is 5.88. The number of rotatable bonds is 2. The fourth-order valence-electron chi connectivity index (χ4n) is 2.20. The topological polar surface area (TPSA) is 89.1 Å². The predicted molar refractivity (Wildman–Crippen MR) is 79.6 cm³/mol. The van der Waals surface area contributed by atoms with E-state index in [-0.39, 0.29) is 5.56 Å². The van der Waals surface area contributed by atoms with Gasteiger partial charge in [0.05, 0.1) is 5.69 Å². The summed E-state index contributed by atoms with van der Waals surface area (Å²) in [6, 6.07) is 8.55. The maximum atomic E-state index is 12.2. The van der Waals surface area contributed by atoms with Gasteiger partial charge >= 0.3 is 0 Å². The minimum atomic E-state index is -0.235. The second kappa shape index (κ2) is 4.81. The first-order valence-corrected chi connectivity index (χ1v) is 6.74. The molecule has 3 heterocycles. The number of aromatic nitrogens is 5. The molecule has 0 fully saturated rings. The molecule has 0 amide bonds. The summed E-state index contributed by atoms with van der Waals surface area (Å²) in [6.07, 6.45) is 2.89. The van der Waals surface area contributed by atoms with E-state index in [0.29, 0.717) is 27.8 Å². The lowest BCUT2D eigenvalue weighted by Crippen LogP contribution is -2.14. The Morgan fingerprint density at radius 3 is 2.77 bits per heavy atom. The van der Waals surface area contributed by atoms with Crippen LogP contribution in [0, 0.1) is 0 Å². The van der Waals surface area contributed by atoms with Gasteiger partial charge < -0.3 is 4.52 Å². The van der Waals surface area contributed by atoms with Crippen LogP contribution in [0.3, 0.4) is 0 Å². The highest BCUT2D eigenvalue weighted by Gasteiger charge is 2.15. The van der Waals surface area contributed by atoms with Crippen molar-refractivity contribution in [1.29, 1.82) is 0 Å². The molecule has 4 rings (SSSR count). The molecule has 4 aromatic rings. The molecule has 22 heavy (non-hydrogen) atoms. The molecular formula is C14H8ClN5O2. The molecule has 0 aliphatic heterocycles. The molecule has 0 saturated heterocycles. The zero-order valence-electron chi connectivity index (χ0n) is 11.0. The van der Waals surface area contributed by atoms with E-state index in [9.17, 15) is 4.79 Å². The van der Waals surface area contributed by atoms with E-state index < -0.39 is 0 Å². The number of fused-ring (bicyclic) bond motifs is 1. The number of benzene rings is 1. The standard InChI is InChI=1S/C14H8ClN5O2/c15-9-3-1-8(2-4-9)11-5-12(21)20-13(19-11)10(6-17-20)14-16-7-18-22-14/h1-7,17H. The highest BCUT2D eigenvalue weighted by atomic mass is 35.5. The van der Waals surface area contributed by atoms with Crippen LogP contribution in [0.4, 0.5) is 0 Å². The molecule has 8 heteroatoms. The van der Waals surface area contributed by atoms with Gasteiger partial charge in [0, 0.05) is 22.8 Å². The molecule has 1 N–H and O–H groups in total. The molecule has 0 bridgehead atoms. The smallest absolute Gasteiger partial charge is 0.273 e. The Morgan fingerprint density at radius 1 is 1.23 bits per heavy atom. The van der Waals surface area contributed by atoms with Gasteiger partial charge in [-0.15, -0.1) is 0 Å². The van der Waals surface area contributed by atoms with Crippen LogP contribution in [0.2, 0.25) is 5.02 Å². The van der Waals surface area contributed by atoms with Crippen molar-refractivity contribution in [3.63, 3.8) is 0 Å². The van der Waals surface area contributed by atoms with E-state index in [4.69, 9.17) is 16.1 Å². The van der Waals surface area contributed by atoms with Crippen molar-refractivity contribution < 1.29 is 4.52 Å². The van der Waals surface area contributed by atoms with Crippen LogP contribution in [-0.4, -0.2) is 24.7 Å². The van der Waals surface area contributed by atoms with Crippen LogP contribution in [0.5, 0.6) is 0 Å². The number of nitrogens with one attached hydrogen (secondary N) is 1. The monoisotopic (exact) mass is 313 g/mol. The number of nitrogens with zero attached hydrogens (tertiary/aromatic N) is 4. The summed E-state index contributed by atoms with van der Waals surface area (Å²) in [5, 5.41) is 7.01. The van der Waals surface area contributed by atoms with Gasteiger partial charge in [0.25, 0.3) is 11.4 Å². The molecule has 0 radical (unpaired) electrons. The lowest BCUT2D eigenvalue weighted by Gasteiger charge is -2.02. The summed E-state index contributed by atoms with van der Waals surface area (Å²) < 4.78 is 6.35. The first kappa shape index (κ1) is 12.8. The minimum absolute atomic E-state index is 0.235. The average molecular weight is 314 g/mol. The van der Waals surface area contributed by atoms with E-state index in [0.717, 1.165) is 5.56 Å². The number of aromatic amines is 1. The molecular weight excluding hydrogens is 306 g/mol. The Hall–Kier alpha value is -2.93. The molecule has 0 saturated carbocycles. The highest BCUT2D eigenvalue weighted by Crippen LogP contribution is 2.23. The highest BCUT2D eigenvalue weighted by molar-refractivity contribution is 6.30. The number of hydrogen-bond acceptors (Lipinski definition) is 5. The zero-order valence-corrected chi connectivity index (χ0v) is 11.8. The molecule has 0 unspecified atom stereocenters. The Kier molecular flexibility index (Phi) is 2.80. The van der Waals surface area contributed by atoms with Crippen molar-refractivity contribution in [2.45, 2.75) is 0 Å². The van der Waals surface area contributed by atoms with Crippen molar-refractivity contribution in [1.82, 2.24) is 24.7 Å². The van der Waals surface area contributed by atoms with Gasteiger partial charge in [-0.25, -0.2) is 9.50 Å². The van der Waals surface area contributed by atoms with Gasteiger partial charge in [-0.3, -0.25) is 9.89 Å². The SMILES string of the molecule is O=c1cc(-c2ccc(Cl)cc2)nc2c(-c3ncno3)c[nH]n12. The van der Waals surface area contributed by atoms with Crippen molar-refractivity contribution in [2.24, 2.45) is 0 Å². The van der Waals surface area contributed by atoms with E-state index in [1.165, 1.54) is 16.9 Å². The van der Waals surface area contributed by atoms with E-state index in [2.05, 4.69) is 20.2 Å². The van der Waals surface area contributed by atoms with Crippen LogP contribution >= 0.6 is 11.6 Å². The van der Waals surface area contributed by atoms with Crippen LogP contribution in [0.25, 0.3) is 28.4 Å². The summed E-state index contributed by atoms with van der Waals surface area (Å²) in [4.78, 5) is 20.7. The third kappa shape index (κ3) is 1.99. The van der Waals surface area contributed by atoms with Crippen molar-refractivity contribution in [3.05, 3.63) is 58.2 Å². The van der Waals surface area contributed by atoms with Crippen LogP contribution in [0.1, 0.15) is 0 Å². The first-order chi connectivity index (χ1) is 10.7. The quantitative estimate of drug-likeness (QED) is 0.613. The largest absolute Gasteiger partial charge is 0.334 e. The number of hydrogen-bond donors (Lipinski definition) is 1. The Morgan fingerprint density at radius 2 is 2.05 bits per heavy atom. The second-order valence-electron chi connectivity index (χ2n) is 4.58. The average Bonchev–Trinajstić information content (AvgIpc) is 3.16. The maximum Gasteiger partial charge on any atom is 0.273 e. The van der Waals surface area contributed by atoms with E-state index >= 15 is 0 Å². The second-order valence-corrected chi connectivity index (χ2v) is 5.02. The fraction of sp³-hybridized carbons (Fsp3) is 0. The third-order valence-electron chi connectivity index (χ3n) is 3.23. The van der Waals surface area contributed by atoms with E-state index in [1.807, 2.05) is 0 Å². The van der Waals surface area contributed by atoms with Gasteiger partial charge in [0.1, 0.15) is 5.56 Å². The lowest BCUT2D eigenvalue weighted by molar-refractivity contribution is 0.430. The molecule has 7 nitrogen and oxygen atoms in total. The van der Waals surface area contributed by atoms with Crippen LogP contribution in [0.15, 0.2) is 52.2 Å². The molecule has 3 aromatic heterocycles. The molecule has 0 spiro atoms. The van der Waals surface area contributed by atoms with Gasteiger partial charge in [0.15, 0.2) is 12.0 Å². The third-order valence-corrected chi connectivity index (χ3v) is 3.48. The normalized spacial score (nSPS) is 11.1. The summed E-state index contributed by atoms with van der Waals surface area (Å²) in [6.45, 7) is 0. The summed E-state index contributed by atoms with van der Waals surface area (Å²) in [5.41, 5.74) is 2.08. The Labute approximate surface area is 128 Å². The Balaban J connectivity index is 1.96. The van der Waals surface area contributed by atoms with Crippen LogP contribution in [-0.2, 0) is 0 Å². The van der Waals surface area contributed by atoms with Gasteiger partial charge in [-0.2, -0.15) is 4.98 Å². The molecule has 108 valence electrons. The lowest BCUT2D eigenvalue weighted by atomic mass is 10.1. The predicted octanol–water partition coefficient (Wildman–Crippen LogP) is 2.39. The fourth-order valence-corrected chi connectivity index (χ4v) is 2.33. The van der Waals surface area contributed by atoms with Gasteiger partial charge in [-0.1, -0.05) is 28.9 Å². The molecule has 1 aromatic carbocycles. The summed E-state index contributed by atoms with van der Waals surface area (Å²) in [7, 11) is 0. The zero-order chi connectivity index (χ0) is 15.1. The van der Waals surface area contributed by atoms with Crippen molar-refractivity contribution in [2.75, 3.05) is 0 Å². The van der Waals surface area contributed by atoms with Crippen LogP contribution < -0.4 is 5.56 Å². The van der Waals surface area contributed by atoms with E-state index in [1.54, 1.807) is 30.5 Å². The molecule has 0 aliphatic rings. The molecule has 0 aliphatic carbocycles. The van der Waals surface area contributed by atoms with Crippen molar-refractivity contribution >= 4 is 17.2 Å². The minimum Gasteiger partial charge on any atom is -0.334 e. The van der Waals surface area contributed by atoms with Crippen molar-refractivity contribution in [3.8, 4) is 22.7 Å². The van der Waals surface area contributed by atoms with Gasteiger partial charge in [-0.05, 0) is 12.1 Å². The number of halogens is 1. The Bertz CT molecular complexity index is 1000.